The van der Waals surface area contributed by atoms with Crippen molar-refractivity contribution in [2.45, 2.75) is 31.4 Å². The second-order valence-electron chi connectivity index (χ2n) is 5.45. The van der Waals surface area contributed by atoms with Crippen molar-refractivity contribution in [3.05, 3.63) is 29.8 Å². The Morgan fingerprint density at radius 2 is 2.05 bits per heavy atom. The van der Waals surface area contributed by atoms with Gasteiger partial charge in [-0.05, 0) is 24.5 Å². The molecule has 0 saturated heterocycles. The van der Waals surface area contributed by atoms with E-state index < -0.39 is 10.0 Å². The SMILES string of the molecule is O=S(=O)(CCNC1CC1)NCC1Cc2ccccc2O1. The van der Waals surface area contributed by atoms with Crippen LogP contribution < -0.4 is 14.8 Å². The van der Waals surface area contributed by atoms with E-state index in [1.54, 1.807) is 0 Å². The van der Waals surface area contributed by atoms with Crippen molar-refractivity contribution in [1.82, 2.24) is 10.0 Å². The second kappa shape index (κ2) is 5.71. The molecule has 110 valence electrons. The van der Waals surface area contributed by atoms with Crippen LogP contribution in [-0.2, 0) is 16.4 Å². The minimum Gasteiger partial charge on any atom is -0.488 e. The third-order valence-electron chi connectivity index (χ3n) is 3.63. The summed E-state index contributed by atoms with van der Waals surface area (Å²) in [5, 5.41) is 3.20. The van der Waals surface area contributed by atoms with E-state index in [9.17, 15) is 8.42 Å². The molecule has 20 heavy (non-hydrogen) atoms. The molecule has 1 aliphatic carbocycles. The zero-order valence-corrected chi connectivity index (χ0v) is 12.2. The molecule has 1 saturated carbocycles. The number of para-hydroxylation sites is 1. The van der Waals surface area contributed by atoms with E-state index in [1.807, 2.05) is 24.3 Å². The van der Waals surface area contributed by atoms with Crippen molar-refractivity contribution in [3.8, 4) is 5.75 Å². The topological polar surface area (TPSA) is 67.4 Å². The first-order valence-electron chi connectivity index (χ1n) is 7.08. The maximum atomic E-state index is 11.9. The van der Waals surface area contributed by atoms with Gasteiger partial charge in [-0.3, -0.25) is 0 Å². The summed E-state index contributed by atoms with van der Waals surface area (Å²) in [6.45, 7) is 0.853. The molecule has 1 heterocycles. The molecule has 1 aliphatic heterocycles. The van der Waals surface area contributed by atoms with E-state index in [-0.39, 0.29) is 11.9 Å². The van der Waals surface area contributed by atoms with Crippen molar-refractivity contribution in [2.75, 3.05) is 18.8 Å². The van der Waals surface area contributed by atoms with Crippen LogP contribution in [0.1, 0.15) is 18.4 Å². The van der Waals surface area contributed by atoms with Gasteiger partial charge in [0.2, 0.25) is 10.0 Å². The third-order valence-corrected chi connectivity index (χ3v) is 4.97. The molecule has 0 spiro atoms. The van der Waals surface area contributed by atoms with Crippen LogP contribution in [-0.4, -0.2) is 39.4 Å². The lowest BCUT2D eigenvalue weighted by Crippen LogP contribution is -2.38. The van der Waals surface area contributed by atoms with Crippen LogP contribution in [0.25, 0.3) is 0 Å². The van der Waals surface area contributed by atoms with Crippen molar-refractivity contribution >= 4 is 10.0 Å². The van der Waals surface area contributed by atoms with Crippen LogP contribution in [0.15, 0.2) is 24.3 Å². The highest BCUT2D eigenvalue weighted by Crippen LogP contribution is 2.27. The van der Waals surface area contributed by atoms with Crippen molar-refractivity contribution in [2.24, 2.45) is 0 Å². The Morgan fingerprint density at radius 3 is 2.80 bits per heavy atom. The van der Waals surface area contributed by atoms with Gasteiger partial charge in [0, 0.05) is 25.6 Å². The summed E-state index contributed by atoms with van der Waals surface area (Å²) in [4.78, 5) is 0. The van der Waals surface area contributed by atoms with E-state index in [0.717, 1.165) is 17.7 Å². The molecular formula is C14H20N2O3S. The summed E-state index contributed by atoms with van der Waals surface area (Å²) in [6.07, 6.45) is 3.00. The number of fused-ring (bicyclic) bond motifs is 1. The number of rotatable bonds is 7. The normalized spacial score (nSPS) is 21.5. The first-order chi connectivity index (χ1) is 9.62. The summed E-state index contributed by atoms with van der Waals surface area (Å²) < 4.78 is 32.1. The van der Waals surface area contributed by atoms with Gasteiger partial charge in [0.25, 0.3) is 0 Å². The molecule has 0 radical (unpaired) electrons. The lowest BCUT2D eigenvalue weighted by molar-refractivity contribution is 0.236. The third kappa shape index (κ3) is 3.71. The number of hydrogen-bond donors (Lipinski definition) is 2. The van der Waals surface area contributed by atoms with Gasteiger partial charge in [0.15, 0.2) is 0 Å². The van der Waals surface area contributed by atoms with Gasteiger partial charge in [-0.1, -0.05) is 18.2 Å². The average molecular weight is 296 g/mol. The number of nitrogens with one attached hydrogen (secondary N) is 2. The van der Waals surface area contributed by atoms with Gasteiger partial charge in [-0.15, -0.1) is 0 Å². The Labute approximate surface area is 119 Å². The smallest absolute Gasteiger partial charge is 0.212 e. The Kier molecular flexibility index (Phi) is 3.96. The minimum atomic E-state index is -3.22. The first-order valence-corrected chi connectivity index (χ1v) is 8.73. The fourth-order valence-corrected chi connectivity index (χ4v) is 3.32. The molecule has 0 bridgehead atoms. The second-order valence-corrected chi connectivity index (χ2v) is 7.37. The van der Waals surface area contributed by atoms with Crippen LogP contribution in [0, 0.1) is 0 Å². The summed E-state index contributed by atoms with van der Waals surface area (Å²) in [5.41, 5.74) is 1.15. The summed E-state index contributed by atoms with van der Waals surface area (Å²) in [7, 11) is -3.22. The molecule has 0 amide bonds. The van der Waals surface area contributed by atoms with Gasteiger partial charge in [-0.25, -0.2) is 13.1 Å². The van der Waals surface area contributed by atoms with E-state index in [0.29, 0.717) is 19.1 Å². The highest BCUT2D eigenvalue weighted by atomic mass is 32.2. The zero-order chi connectivity index (χ0) is 14.0. The summed E-state index contributed by atoms with van der Waals surface area (Å²) in [6, 6.07) is 8.37. The highest BCUT2D eigenvalue weighted by Gasteiger charge is 2.24. The van der Waals surface area contributed by atoms with Gasteiger partial charge in [0.05, 0.1) is 5.75 Å². The predicted molar refractivity (Wildman–Crippen MR) is 77.4 cm³/mol. The van der Waals surface area contributed by atoms with Crippen molar-refractivity contribution in [3.63, 3.8) is 0 Å². The van der Waals surface area contributed by atoms with E-state index in [1.165, 1.54) is 12.8 Å². The van der Waals surface area contributed by atoms with Gasteiger partial charge in [-0.2, -0.15) is 0 Å². The average Bonchev–Trinajstić information content (AvgIpc) is 3.14. The maximum absolute atomic E-state index is 11.9. The minimum absolute atomic E-state index is 0.0985. The van der Waals surface area contributed by atoms with Crippen LogP contribution in [0.5, 0.6) is 5.75 Å². The molecule has 0 aromatic heterocycles. The molecule has 1 fully saturated rings. The van der Waals surface area contributed by atoms with Crippen molar-refractivity contribution in [1.29, 1.82) is 0 Å². The van der Waals surface area contributed by atoms with Crippen LogP contribution in [0.3, 0.4) is 0 Å². The molecule has 3 rings (SSSR count). The largest absolute Gasteiger partial charge is 0.488 e. The molecule has 1 aromatic carbocycles. The fourth-order valence-electron chi connectivity index (χ4n) is 2.34. The standard InChI is InChI=1S/C14H20N2O3S/c17-20(18,8-7-15-12-5-6-12)16-10-13-9-11-3-1-2-4-14(11)19-13/h1-4,12-13,15-16H,5-10H2. The number of sulfonamides is 1. The van der Waals surface area contributed by atoms with Crippen LogP contribution in [0.4, 0.5) is 0 Å². The van der Waals surface area contributed by atoms with Gasteiger partial charge >= 0.3 is 0 Å². The Balaban J connectivity index is 1.43. The lowest BCUT2D eigenvalue weighted by atomic mass is 10.1. The molecule has 1 aromatic rings. The number of hydrogen-bond acceptors (Lipinski definition) is 4. The lowest BCUT2D eigenvalue weighted by Gasteiger charge is -2.12. The Hall–Kier alpha value is -1.11. The van der Waals surface area contributed by atoms with Gasteiger partial charge < -0.3 is 10.1 Å². The van der Waals surface area contributed by atoms with Crippen molar-refractivity contribution < 1.29 is 13.2 Å². The number of ether oxygens (including phenoxy) is 1. The Morgan fingerprint density at radius 1 is 1.25 bits per heavy atom. The molecular weight excluding hydrogens is 276 g/mol. The predicted octanol–water partition coefficient (Wildman–Crippen LogP) is 0.662. The molecule has 1 atom stereocenters. The first kappa shape index (κ1) is 13.9. The quantitative estimate of drug-likeness (QED) is 0.776. The molecule has 2 aliphatic rings. The van der Waals surface area contributed by atoms with Gasteiger partial charge in [0.1, 0.15) is 11.9 Å². The summed E-state index contributed by atoms with van der Waals surface area (Å²) >= 11 is 0. The number of benzene rings is 1. The molecule has 5 nitrogen and oxygen atoms in total. The fraction of sp³-hybridized carbons (Fsp3) is 0.571. The zero-order valence-electron chi connectivity index (χ0n) is 11.3. The summed E-state index contributed by atoms with van der Waals surface area (Å²) in [5.74, 6) is 0.996. The molecule has 2 N–H and O–H groups in total. The van der Waals surface area contributed by atoms with E-state index in [4.69, 9.17) is 4.74 Å². The molecule has 1 unspecified atom stereocenters. The van der Waals surface area contributed by atoms with E-state index >= 15 is 0 Å². The monoisotopic (exact) mass is 296 g/mol. The molecule has 6 heteroatoms. The van der Waals surface area contributed by atoms with E-state index in [2.05, 4.69) is 10.0 Å². The highest BCUT2D eigenvalue weighted by molar-refractivity contribution is 7.89. The van der Waals surface area contributed by atoms with Crippen LogP contribution >= 0.6 is 0 Å². The Bertz CT molecular complexity index is 545. The maximum Gasteiger partial charge on any atom is 0.212 e. The van der Waals surface area contributed by atoms with Crippen LogP contribution in [0.2, 0.25) is 0 Å².